The van der Waals surface area contributed by atoms with E-state index in [9.17, 15) is 0 Å². The number of hydrogen-bond donors (Lipinski definition) is 0. The fraction of sp³-hybridized carbons (Fsp3) is 0.0400. The summed E-state index contributed by atoms with van der Waals surface area (Å²) in [5, 5.41) is 10.7. The Bertz CT molecular complexity index is 2930. The van der Waals surface area contributed by atoms with Gasteiger partial charge in [0.15, 0.2) is 0 Å². The SMILES string of the molecule is COc1ccc2c(ccn2P(Oc2ccc3ccccc3c2-c2c(P(c3ccccc3)c3ccccc3)ccc3ccccc23)n2ccc3cc(OC)ccc32)c1. The van der Waals surface area contributed by atoms with Gasteiger partial charge in [-0.2, -0.15) is 0 Å². The highest BCUT2D eigenvalue weighted by atomic mass is 31.2. The molecule has 57 heavy (non-hydrogen) atoms. The summed E-state index contributed by atoms with van der Waals surface area (Å²) < 4.78 is 23.5. The molecule has 5 nitrogen and oxygen atoms in total. The van der Waals surface area contributed by atoms with Crippen molar-refractivity contribution < 1.29 is 14.0 Å². The van der Waals surface area contributed by atoms with Crippen molar-refractivity contribution in [2.45, 2.75) is 0 Å². The van der Waals surface area contributed by atoms with Gasteiger partial charge in [-0.1, -0.05) is 127 Å². The Morgan fingerprint density at radius 1 is 0.421 bits per heavy atom. The van der Waals surface area contributed by atoms with Gasteiger partial charge in [0.25, 0.3) is 0 Å². The highest BCUT2D eigenvalue weighted by molar-refractivity contribution is 7.80. The van der Waals surface area contributed by atoms with Crippen LogP contribution in [0.4, 0.5) is 0 Å². The highest BCUT2D eigenvalue weighted by Crippen LogP contribution is 2.52. The summed E-state index contributed by atoms with van der Waals surface area (Å²) in [6, 6.07) is 65.1. The fourth-order valence-corrected chi connectivity index (χ4v) is 12.2. The number of hydrogen-bond acceptors (Lipinski definition) is 3. The van der Waals surface area contributed by atoms with E-state index in [1.54, 1.807) is 14.2 Å². The molecule has 8 aromatic carbocycles. The Hall–Kier alpha value is -6.38. The lowest BCUT2D eigenvalue weighted by molar-refractivity contribution is 0.415. The van der Waals surface area contributed by atoms with Gasteiger partial charge in [-0.05, 0) is 100.0 Å². The second kappa shape index (κ2) is 14.9. The zero-order chi connectivity index (χ0) is 38.3. The number of nitrogens with zero attached hydrogens (tertiary/aromatic N) is 2. The van der Waals surface area contributed by atoms with Gasteiger partial charge < -0.3 is 14.0 Å². The molecule has 2 aromatic heterocycles. The number of ether oxygens (including phenoxy) is 2. The lowest BCUT2D eigenvalue weighted by Gasteiger charge is -2.27. The van der Waals surface area contributed by atoms with Crippen LogP contribution < -0.4 is 29.9 Å². The topological polar surface area (TPSA) is 37.5 Å². The molecule has 2 heterocycles. The van der Waals surface area contributed by atoms with E-state index < -0.39 is 16.4 Å². The fourth-order valence-electron chi connectivity index (χ4n) is 7.92. The van der Waals surface area contributed by atoms with Gasteiger partial charge in [-0.15, -0.1) is 0 Å². The van der Waals surface area contributed by atoms with Crippen molar-refractivity contribution in [3.63, 3.8) is 0 Å². The van der Waals surface area contributed by atoms with Gasteiger partial charge in [0.1, 0.15) is 17.2 Å². The summed E-state index contributed by atoms with van der Waals surface area (Å²) in [7, 11) is 0.907. The van der Waals surface area contributed by atoms with Crippen molar-refractivity contribution >= 4 is 75.6 Å². The summed E-state index contributed by atoms with van der Waals surface area (Å²) in [4.78, 5) is 0. The van der Waals surface area contributed by atoms with E-state index in [4.69, 9.17) is 14.0 Å². The molecular weight excluding hydrogens is 739 g/mol. The van der Waals surface area contributed by atoms with E-state index in [0.29, 0.717) is 0 Å². The molecular formula is C50H38N2O3P2. The molecule has 0 amide bonds. The zero-order valence-electron chi connectivity index (χ0n) is 31.5. The summed E-state index contributed by atoms with van der Waals surface area (Å²) in [6.07, 6.45) is 4.28. The summed E-state index contributed by atoms with van der Waals surface area (Å²) in [5.41, 5.74) is 4.39. The molecule has 0 N–H and O–H groups in total. The lowest BCUT2D eigenvalue weighted by atomic mass is 9.93. The van der Waals surface area contributed by atoms with Gasteiger partial charge in [-0.25, -0.2) is 0 Å². The van der Waals surface area contributed by atoms with E-state index in [0.717, 1.165) is 55.4 Å². The average Bonchev–Trinajstić information content (AvgIpc) is 3.90. The lowest BCUT2D eigenvalue weighted by Crippen LogP contribution is -2.22. The molecule has 0 aliphatic carbocycles. The van der Waals surface area contributed by atoms with Crippen LogP contribution in [-0.2, 0) is 0 Å². The molecule has 0 saturated heterocycles. The second-order valence-corrected chi connectivity index (χ2v) is 17.6. The largest absolute Gasteiger partial charge is 0.497 e. The van der Waals surface area contributed by atoms with Crippen LogP contribution in [0.3, 0.4) is 0 Å². The maximum atomic E-state index is 7.66. The molecule has 0 fully saturated rings. The van der Waals surface area contributed by atoms with Gasteiger partial charge >= 0.3 is 8.45 Å². The van der Waals surface area contributed by atoms with Gasteiger partial charge in [0, 0.05) is 34.3 Å². The average molecular weight is 777 g/mol. The van der Waals surface area contributed by atoms with Gasteiger partial charge in [-0.3, -0.25) is 8.68 Å². The van der Waals surface area contributed by atoms with Crippen LogP contribution >= 0.6 is 16.4 Å². The first kappa shape index (κ1) is 35.1. The summed E-state index contributed by atoms with van der Waals surface area (Å²) in [6.45, 7) is 0. The number of methoxy groups -OCH3 is 2. The molecule has 0 radical (unpaired) electrons. The van der Waals surface area contributed by atoms with E-state index >= 15 is 0 Å². The molecule has 0 unspecified atom stereocenters. The van der Waals surface area contributed by atoms with E-state index in [1.165, 1.54) is 32.2 Å². The van der Waals surface area contributed by atoms with Crippen LogP contribution in [0.15, 0.2) is 194 Å². The number of rotatable bonds is 10. The minimum atomic E-state index is -1.54. The smallest absolute Gasteiger partial charge is 0.318 e. The number of aromatic nitrogens is 2. The number of fused-ring (bicyclic) bond motifs is 4. The van der Waals surface area contributed by atoms with Crippen molar-refractivity contribution in [1.29, 1.82) is 0 Å². The third kappa shape index (κ3) is 6.30. The van der Waals surface area contributed by atoms with Gasteiger partial charge in [0.2, 0.25) is 0 Å². The third-order valence-corrected chi connectivity index (χ3v) is 14.9. The van der Waals surface area contributed by atoms with Crippen LogP contribution in [0.5, 0.6) is 17.2 Å². The second-order valence-electron chi connectivity index (χ2n) is 13.9. The van der Waals surface area contributed by atoms with E-state index in [1.807, 2.05) is 12.1 Å². The van der Waals surface area contributed by atoms with Crippen molar-refractivity contribution in [2.24, 2.45) is 0 Å². The highest BCUT2D eigenvalue weighted by Gasteiger charge is 2.28. The van der Waals surface area contributed by atoms with Gasteiger partial charge in [0.05, 0.1) is 25.3 Å². The molecule has 0 atom stereocenters. The zero-order valence-corrected chi connectivity index (χ0v) is 33.3. The van der Waals surface area contributed by atoms with Crippen molar-refractivity contribution in [2.75, 3.05) is 14.2 Å². The molecule has 10 aromatic rings. The Kier molecular flexibility index (Phi) is 9.19. The van der Waals surface area contributed by atoms with Crippen molar-refractivity contribution in [1.82, 2.24) is 8.68 Å². The van der Waals surface area contributed by atoms with Crippen LogP contribution in [0.25, 0.3) is 54.5 Å². The maximum absolute atomic E-state index is 7.66. The van der Waals surface area contributed by atoms with E-state index in [-0.39, 0.29) is 0 Å². The minimum absolute atomic E-state index is 0.817. The Morgan fingerprint density at radius 2 is 0.912 bits per heavy atom. The molecule has 0 spiro atoms. The summed E-state index contributed by atoms with van der Waals surface area (Å²) in [5.74, 6) is 2.45. The molecule has 0 bridgehead atoms. The summed E-state index contributed by atoms with van der Waals surface area (Å²) >= 11 is 0. The molecule has 7 heteroatoms. The first-order valence-corrected chi connectivity index (χ1v) is 21.4. The number of benzene rings is 8. The van der Waals surface area contributed by atoms with Crippen molar-refractivity contribution in [3.8, 4) is 28.4 Å². The standard InChI is InChI=1S/C50H38N2O3P2/c1-53-39-23-25-45-37(33-39)29-31-51(45)57(52-32-30-38-34-40(54-2)24-26-46(38)52)55-47-27-21-35-13-9-11-19-43(35)49(47)50-44-20-12-10-14-36(44)22-28-48(50)56(41-15-5-3-6-16-41)42-17-7-4-8-18-42/h3-34H,1-2H3. The minimum Gasteiger partial charge on any atom is -0.497 e. The van der Waals surface area contributed by atoms with Crippen LogP contribution in [0, 0.1) is 0 Å². The molecule has 0 saturated carbocycles. The predicted molar refractivity (Wildman–Crippen MR) is 241 cm³/mol. The first-order chi connectivity index (χ1) is 28.2. The quantitative estimate of drug-likeness (QED) is 0.130. The van der Waals surface area contributed by atoms with Crippen molar-refractivity contribution in [3.05, 3.63) is 194 Å². The Balaban J connectivity index is 1.26. The van der Waals surface area contributed by atoms with Crippen LogP contribution in [0.2, 0.25) is 0 Å². The first-order valence-electron chi connectivity index (χ1n) is 18.9. The molecule has 0 aliphatic rings. The van der Waals surface area contributed by atoms with E-state index in [2.05, 4.69) is 191 Å². The molecule has 276 valence electrons. The van der Waals surface area contributed by atoms with Crippen LogP contribution in [0.1, 0.15) is 0 Å². The Morgan fingerprint density at radius 3 is 1.46 bits per heavy atom. The third-order valence-electron chi connectivity index (χ3n) is 10.6. The predicted octanol–water partition coefficient (Wildman–Crippen LogP) is 12.0. The maximum Gasteiger partial charge on any atom is 0.318 e. The molecule has 0 aliphatic heterocycles. The molecule has 10 rings (SSSR count). The monoisotopic (exact) mass is 776 g/mol. The Labute approximate surface area is 334 Å². The normalized spacial score (nSPS) is 11.6. The van der Waals surface area contributed by atoms with Crippen LogP contribution in [-0.4, -0.2) is 22.9 Å².